The van der Waals surface area contributed by atoms with Crippen LogP contribution in [0.1, 0.15) is 5.56 Å². The lowest BCUT2D eigenvalue weighted by molar-refractivity contribution is -0.291. The molecule has 21 heavy (non-hydrogen) atoms. The molecular weight excluding hydrogens is 329 g/mol. The first kappa shape index (κ1) is 18.0. The molecule has 0 aliphatic carbocycles. The zero-order chi connectivity index (χ0) is 16.4. The summed E-state index contributed by atoms with van der Waals surface area (Å²) in [6.45, 7) is 0. The summed E-state index contributed by atoms with van der Waals surface area (Å²) in [6.07, 6.45) is -12.0. The van der Waals surface area contributed by atoms with E-state index >= 15 is 0 Å². The van der Waals surface area contributed by atoms with Crippen LogP contribution in [0.25, 0.3) is 0 Å². The van der Waals surface area contributed by atoms with Crippen LogP contribution in [-0.2, 0) is 6.42 Å². The molecule has 0 aromatic heterocycles. The molecule has 3 N–H and O–H groups in total. The van der Waals surface area contributed by atoms with Crippen molar-refractivity contribution < 1.29 is 30.7 Å². The topological polar surface area (TPSA) is 38.0 Å². The zero-order valence-electron chi connectivity index (χ0n) is 10.2. The van der Waals surface area contributed by atoms with Crippen molar-refractivity contribution in [2.45, 2.75) is 24.8 Å². The third-order valence-corrected chi connectivity index (χ3v) is 3.14. The molecule has 0 aliphatic heterocycles. The minimum atomic E-state index is -5.56. The van der Waals surface area contributed by atoms with Crippen LogP contribution in [0.5, 0.6) is 0 Å². The Morgan fingerprint density at radius 3 is 2.05 bits per heavy atom. The van der Waals surface area contributed by atoms with Crippen LogP contribution in [0.15, 0.2) is 18.2 Å². The fourth-order valence-electron chi connectivity index (χ4n) is 1.85. The highest BCUT2D eigenvalue weighted by Crippen LogP contribution is 2.42. The first-order valence-corrected chi connectivity index (χ1v) is 5.88. The normalized spacial score (nSPS) is 14.6. The van der Waals surface area contributed by atoms with Crippen LogP contribution in [-0.4, -0.2) is 18.4 Å². The summed E-state index contributed by atoms with van der Waals surface area (Å²) in [5.41, 5.74) is 1.28. The number of rotatable bonds is 4. The third-order valence-electron chi connectivity index (χ3n) is 2.77. The van der Waals surface area contributed by atoms with Crippen molar-refractivity contribution in [1.29, 1.82) is 0 Å². The molecule has 1 unspecified atom stereocenters. The van der Waals surface area contributed by atoms with Gasteiger partial charge in [-0.15, -0.1) is 0 Å². The molecule has 1 aromatic rings. The van der Waals surface area contributed by atoms with E-state index in [1.54, 1.807) is 0 Å². The molecule has 0 aliphatic rings. The number of nitrogens with one attached hydrogen (secondary N) is 1. The van der Waals surface area contributed by atoms with E-state index in [4.69, 9.17) is 17.4 Å². The molecule has 0 radical (unpaired) electrons. The molecule has 1 rings (SSSR count). The number of alkyl halides is 6. The van der Waals surface area contributed by atoms with Gasteiger partial charge in [-0.1, -0.05) is 11.6 Å². The maximum absolute atomic E-state index is 13.0. The zero-order valence-corrected chi connectivity index (χ0v) is 11.0. The van der Waals surface area contributed by atoms with E-state index in [1.165, 1.54) is 5.43 Å². The number of halogens is 8. The average molecular weight is 339 g/mol. The maximum Gasteiger partial charge on any atom is 0.402 e. The Hall–Kier alpha value is -1.06. The predicted octanol–water partition coefficient (Wildman–Crippen LogP) is 3.59. The molecule has 0 saturated heterocycles. The first-order chi connectivity index (χ1) is 9.46. The number of benzene rings is 1. The van der Waals surface area contributed by atoms with Crippen molar-refractivity contribution in [3.05, 3.63) is 34.6 Å². The summed E-state index contributed by atoms with van der Waals surface area (Å²) in [5.74, 6) is 0.284. The quantitative estimate of drug-likeness (QED) is 0.500. The van der Waals surface area contributed by atoms with E-state index in [0.717, 1.165) is 18.2 Å². The van der Waals surface area contributed by atoms with E-state index in [-0.39, 0.29) is 10.6 Å². The van der Waals surface area contributed by atoms with Crippen molar-refractivity contribution in [3.63, 3.8) is 0 Å². The molecule has 2 nitrogen and oxygen atoms in total. The number of nitrogens with two attached hydrogens (primary N) is 1. The molecule has 120 valence electrons. The first-order valence-electron chi connectivity index (χ1n) is 5.50. The van der Waals surface area contributed by atoms with Gasteiger partial charge in [-0.2, -0.15) is 26.3 Å². The lowest BCUT2D eigenvalue weighted by Gasteiger charge is -2.30. The van der Waals surface area contributed by atoms with Crippen LogP contribution in [0.2, 0.25) is 5.02 Å². The Morgan fingerprint density at radius 2 is 1.62 bits per heavy atom. The highest BCUT2D eigenvalue weighted by molar-refractivity contribution is 6.31. The highest BCUT2D eigenvalue weighted by Gasteiger charge is 2.60. The Bertz CT molecular complexity index is 472. The van der Waals surface area contributed by atoms with Gasteiger partial charge >= 0.3 is 12.4 Å². The summed E-state index contributed by atoms with van der Waals surface area (Å²) in [4.78, 5) is 0. The van der Waals surface area contributed by atoms with Gasteiger partial charge in [-0.05, 0) is 30.2 Å². The van der Waals surface area contributed by atoms with E-state index in [0.29, 0.717) is 0 Å². The molecule has 1 aromatic carbocycles. The highest BCUT2D eigenvalue weighted by atomic mass is 35.5. The number of hydrogen-bond acceptors (Lipinski definition) is 2. The average Bonchev–Trinajstić information content (AvgIpc) is 2.29. The Kier molecular flexibility index (Phi) is 5.46. The van der Waals surface area contributed by atoms with Gasteiger partial charge in [0, 0.05) is 11.1 Å². The summed E-state index contributed by atoms with van der Waals surface area (Å²) >= 11 is 5.63. The van der Waals surface area contributed by atoms with Crippen LogP contribution in [0.4, 0.5) is 30.7 Å². The second-order valence-electron chi connectivity index (χ2n) is 4.27. The molecular formula is C11H10ClF7N2. The van der Waals surface area contributed by atoms with Gasteiger partial charge < -0.3 is 0 Å². The van der Waals surface area contributed by atoms with E-state index in [2.05, 4.69) is 0 Å². The fourth-order valence-corrected chi connectivity index (χ4v) is 2.05. The largest absolute Gasteiger partial charge is 0.402 e. The van der Waals surface area contributed by atoms with E-state index in [9.17, 15) is 30.7 Å². The summed E-state index contributed by atoms with van der Waals surface area (Å²) < 4.78 is 88.7. The summed E-state index contributed by atoms with van der Waals surface area (Å²) in [7, 11) is 0. The monoisotopic (exact) mass is 338 g/mol. The van der Waals surface area contributed by atoms with Gasteiger partial charge in [-0.25, -0.2) is 4.39 Å². The molecule has 1 atom stereocenters. The second kappa shape index (κ2) is 6.37. The number of hydrogen-bond donors (Lipinski definition) is 2. The Balaban J connectivity index is 3.13. The molecule has 0 amide bonds. The SMILES string of the molecule is NNC(Cc1cc(F)ccc1Cl)C(C(F)(F)F)C(F)(F)F. The minimum absolute atomic E-state index is 0.153. The van der Waals surface area contributed by atoms with Gasteiger partial charge in [-0.3, -0.25) is 11.3 Å². The van der Waals surface area contributed by atoms with Crippen LogP contribution >= 0.6 is 11.6 Å². The molecule has 0 saturated carbocycles. The lowest BCUT2D eigenvalue weighted by atomic mass is 9.92. The molecule has 0 bridgehead atoms. The van der Waals surface area contributed by atoms with Crippen LogP contribution in [0, 0.1) is 11.7 Å². The maximum atomic E-state index is 13.0. The van der Waals surface area contributed by atoms with Crippen LogP contribution < -0.4 is 11.3 Å². The van der Waals surface area contributed by atoms with E-state index < -0.39 is 36.6 Å². The molecule has 0 heterocycles. The van der Waals surface area contributed by atoms with Crippen molar-refractivity contribution in [3.8, 4) is 0 Å². The third kappa shape index (κ3) is 4.72. The van der Waals surface area contributed by atoms with Gasteiger partial charge in [0.15, 0.2) is 5.92 Å². The van der Waals surface area contributed by atoms with Crippen LogP contribution in [0.3, 0.4) is 0 Å². The van der Waals surface area contributed by atoms with Gasteiger partial charge in [0.25, 0.3) is 0 Å². The van der Waals surface area contributed by atoms with Gasteiger partial charge in [0.05, 0.1) is 0 Å². The fraction of sp³-hybridized carbons (Fsp3) is 0.455. The van der Waals surface area contributed by atoms with Crippen molar-refractivity contribution in [1.82, 2.24) is 5.43 Å². The molecule has 0 fully saturated rings. The van der Waals surface area contributed by atoms with Crippen molar-refractivity contribution in [2.75, 3.05) is 0 Å². The predicted molar refractivity (Wildman–Crippen MR) is 61.8 cm³/mol. The van der Waals surface area contributed by atoms with Crippen molar-refractivity contribution in [2.24, 2.45) is 11.8 Å². The van der Waals surface area contributed by atoms with Crippen molar-refractivity contribution >= 4 is 11.6 Å². The Labute approximate surface area is 120 Å². The van der Waals surface area contributed by atoms with Gasteiger partial charge in [0.1, 0.15) is 5.82 Å². The Morgan fingerprint density at radius 1 is 1.10 bits per heavy atom. The van der Waals surface area contributed by atoms with E-state index in [1.807, 2.05) is 0 Å². The number of hydrazine groups is 1. The molecule has 0 spiro atoms. The van der Waals surface area contributed by atoms with Gasteiger partial charge in [0.2, 0.25) is 0 Å². The minimum Gasteiger partial charge on any atom is -0.271 e. The standard InChI is InChI=1S/C11H10ClF7N2/c12-7-2-1-6(13)3-5(7)4-8(21-20)9(10(14,15)16)11(17,18)19/h1-3,8-9,21H,4,20H2. The molecule has 10 heteroatoms. The lowest BCUT2D eigenvalue weighted by Crippen LogP contribution is -2.54. The second-order valence-corrected chi connectivity index (χ2v) is 4.68. The smallest absolute Gasteiger partial charge is 0.271 e. The summed E-state index contributed by atoms with van der Waals surface area (Å²) in [6, 6.07) is 0.498. The summed E-state index contributed by atoms with van der Waals surface area (Å²) in [5, 5.41) is -0.153.